The van der Waals surface area contributed by atoms with E-state index in [1.165, 1.54) is 25.8 Å². The van der Waals surface area contributed by atoms with Crippen LogP contribution >= 0.6 is 0 Å². The maximum absolute atomic E-state index is 3.47. The van der Waals surface area contributed by atoms with E-state index >= 15 is 0 Å². The standard InChI is InChI=1S/C15H34N2/c1-8-16-13(2)11-9-10-12-17(7)14(3)15(4,5)6/h13-14,16H,8-12H2,1-7H3. The van der Waals surface area contributed by atoms with Crippen LogP contribution in [-0.4, -0.2) is 37.1 Å². The number of hydrogen-bond acceptors (Lipinski definition) is 2. The molecule has 0 aromatic carbocycles. The summed E-state index contributed by atoms with van der Waals surface area (Å²) in [5, 5.41) is 3.47. The zero-order valence-electron chi connectivity index (χ0n) is 13.1. The molecule has 104 valence electrons. The highest BCUT2D eigenvalue weighted by Crippen LogP contribution is 2.23. The van der Waals surface area contributed by atoms with E-state index in [1.54, 1.807) is 0 Å². The van der Waals surface area contributed by atoms with Crippen molar-refractivity contribution in [2.45, 2.75) is 72.9 Å². The van der Waals surface area contributed by atoms with E-state index in [-0.39, 0.29) is 0 Å². The van der Waals surface area contributed by atoms with Crippen molar-refractivity contribution in [1.29, 1.82) is 0 Å². The van der Waals surface area contributed by atoms with E-state index in [9.17, 15) is 0 Å². The van der Waals surface area contributed by atoms with Crippen LogP contribution in [0, 0.1) is 5.41 Å². The largest absolute Gasteiger partial charge is 0.315 e. The molecule has 0 aromatic heterocycles. The van der Waals surface area contributed by atoms with E-state index in [0.717, 1.165) is 6.54 Å². The molecule has 0 radical (unpaired) electrons. The topological polar surface area (TPSA) is 15.3 Å². The molecule has 17 heavy (non-hydrogen) atoms. The summed E-state index contributed by atoms with van der Waals surface area (Å²) in [7, 11) is 2.25. The van der Waals surface area contributed by atoms with Gasteiger partial charge in [0.25, 0.3) is 0 Å². The van der Waals surface area contributed by atoms with Gasteiger partial charge in [0.1, 0.15) is 0 Å². The maximum atomic E-state index is 3.47. The Labute approximate surface area is 109 Å². The first kappa shape index (κ1) is 16.9. The van der Waals surface area contributed by atoms with E-state index in [2.05, 4.69) is 58.8 Å². The fraction of sp³-hybridized carbons (Fsp3) is 1.00. The molecule has 0 fully saturated rings. The van der Waals surface area contributed by atoms with E-state index in [4.69, 9.17) is 0 Å². The molecule has 0 rings (SSSR count). The van der Waals surface area contributed by atoms with Gasteiger partial charge in [0.05, 0.1) is 0 Å². The molecule has 0 saturated carbocycles. The summed E-state index contributed by atoms with van der Waals surface area (Å²) >= 11 is 0. The van der Waals surface area contributed by atoms with Crippen molar-refractivity contribution in [3.05, 3.63) is 0 Å². The minimum Gasteiger partial charge on any atom is -0.315 e. The van der Waals surface area contributed by atoms with E-state index in [1.807, 2.05) is 0 Å². The average molecular weight is 242 g/mol. The lowest BCUT2D eigenvalue weighted by molar-refractivity contribution is 0.138. The Kier molecular flexibility index (Phi) is 8.06. The van der Waals surface area contributed by atoms with Gasteiger partial charge in [-0.25, -0.2) is 0 Å². The van der Waals surface area contributed by atoms with Gasteiger partial charge in [0, 0.05) is 12.1 Å². The molecular formula is C15H34N2. The third-order valence-electron chi connectivity index (χ3n) is 3.87. The zero-order chi connectivity index (χ0) is 13.5. The third kappa shape index (κ3) is 7.77. The number of rotatable bonds is 8. The second-order valence-electron chi connectivity index (χ2n) is 6.48. The molecule has 0 saturated heterocycles. The molecule has 0 spiro atoms. The lowest BCUT2D eigenvalue weighted by atomic mass is 9.87. The smallest absolute Gasteiger partial charge is 0.0112 e. The van der Waals surface area contributed by atoms with Crippen molar-refractivity contribution in [3.8, 4) is 0 Å². The van der Waals surface area contributed by atoms with Crippen molar-refractivity contribution in [1.82, 2.24) is 10.2 Å². The molecule has 0 aliphatic heterocycles. The predicted molar refractivity (Wildman–Crippen MR) is 78.5 cm³/mol. The van der Waals surface area contributed by atoms with Gasteiger partial charge in [-0.3, -0.25) is 0 Å². The Balaban J connectivity index is 3.68. The van der Waals surface area contributed by atoms with Crippen LogP contribution in [0.2, 0.25) is 0 Å². The highest BCUT2D eigenvalue weighted by Gasteiger charge is 2.23. The first-order valence-electron chi connectivity index (χ1n) is 7.22. The van der Waals surface area contributed by atoms with Crippen molar-refractivity contribution in [2.24, 2.45) is 5.41 Å². The average Bonchev–Trinajstić information content (AvgIpc) is 2.22. The molecular weight excluding hydrogens is 208 g/mol. The molecule has 0 bridgehead atoms. The molecule has 0 aromatic rings. The second-order valence-corrected chi connectivity index (χ2v) is 6.48. The zero-order valence-corrected chi connectivity index (χ0v) is 13.1. The highest BCUT2D eigenvalue weighted by atomic mass is 15.1. The Hall–Kier alpha value is -0.0800. The Morgan fingerprint density at radius 1 is 1.12 bits per heavy atom. The molecule has 2 atom stereocenters. The summed E-state index contributed by atoms with van der Waals surface area (Å²) in [6, 6.07) is 1.32. The van der Waals surface area contributed by atoms with Gasteiger partial charge < -0.3 is 10.2 Å². The Morgan fingerprint density at radius 2 is 1.71 bits per heavy atom. The lowest BCUT2D eigenvalue weighted by Crippen LogP contribution is -2.39. The van der Waals surface area contributed by atoms with E-state index in [0.29, 0.717) is 17.5 Å². The van der Waals surface area contributed by atoms with Gasteiger partial charge in [0.2, 0.25) is 0 Å². The molecule has 0 aliphatic rings. The van der Waals surface area contributed by atoms with Crippen LogP contribution in [-0.2, 0) is 0 Å². The van der Waals surface area contributed by atoms with Gasteiger partial charge >= 0.3 is 0 Å². The molecule has 0 aliphatic carbocycles. The molecule has 2 nitrogen and oxygen atoms in total. The monoisotopic (exact) mass is 242 g/mol. The summed E-state index contributed by atoms with van der Waals surface area (Å²) < 4.78 is 0. The Bertz CT molecular complexity index is 184. The molecule has 1 N–H and O–H groups in total. The van der Waals surface area contributed by atoms with Gasteiger partial charge in [-0.05, 0) is 52.2 Å². The third-order valence-corrected chi connectivity index (χ3v) is 3.87. The van der Waals surface area contributed by atoms with Crippen LogP contribution in [0.15, 0.2) is 0 Å². The number of unbranched alkanes of at least 4 members (excludes halogenated alkanes) is 1. The maximum Gasteiger partial charge on any atom is 0.0112 e. The normalized spacial score (nSPS) is 16.2. The molecule has 0 heterocycles. The van der Waals surface area contributed by atoms with Crippen LogP contribution < -0.4 is 5.32 Å². The molecule has 2 unspecified atom stereocenters. The van der Waals surface area contributed by atoms with Crippen LogP contribution in [0.25, 0.3) is 0 Å². The fourth-order valence-corrected chi connectivity index (χ4v) is 2.12. The summed E-state index contributed by atoms with van der Waals surface area (Å²) in [4.78, 5) is 2.50. The number of nitrogens with zero attached hydrogens (tertiary/aromatic N) is 1. The fourth-order valence-electron chi connectivity index (χ4n) is 2.12. The summed E-state index contributed by atoms with van der Waals surface area (Å²) in [5.41, 5.74) is 0.381. The van der Waals surface area contributed by atoms with Gasteiger partial charge in [-0.1, -0.05) is 34.1 Å². The molecule has 2 heteroatoms. The van der Waals surface area contributed by atoms with Gasteiger partial charge in [-0.2, -0.15) is 0 Å². The van der Waals surface area contributed by atoms with Crippen LogP contribution in [0.3, 0.4) is 0 Å². The SMILES string of the molecule is CCNC(C)CCCCN(C)C(C)C(C)(C)C. The second kappa shape index (κ2) is 8.10. The summed E-state index contributed by atoms with van der Waals surface area (Å²) in [6.07, 6.45) is 3.94. The molecule has 0 amide bonds. The van der Waals surface area contributed by atoms with Crippen molar-refractivity contribution >= 4 is 0 Å². The van der Waals surface area contributed by atoms with Crippen LogP contribution in [0.1, 0.15) is 60.8 Å². The minimum absolute atomic E-state index is 0.381. The first-order chi connectivity index (χ1) is 7.79. The minimum atomic E-state index is 0.381. The Morgan fingerprint density at radius 3 is 2.18 bits per heavy atom. The quantitative estimate of drug-likeness (QED) is 0.655. The van der Waals surface area contributed by atoms with Crippen molar-refractivity contribution in [3.63, 3.8) is 0 Å². The van der Waals surface area contributed by atoms with Crippen LogP contribution in [0.4, 0.5) is 0 Å². The van der Waals surface area contributed by atoms with Crippen molar-refractivity contribution in [2.75, 3.05) is 20.1 Å². The van der Waals surface area contributed by atoms with Crippen LogP contribution in [0.5, 0.6) is 0 Å². The first-order valence-corrected chi connectivity index (χ1v) is 7.22. The van der Waals surface area contributed by atoms with Gasteiger partial charge in [-0.15, -0.1) is 0 Å². The van der Waals surface area contributed by atoms with Gasteiger partial charge in [0.15, 0.2) is 0 Å². The number of nitrogens with one attached hydrogen (secondary N) is 1. The van der Waals surface area contributed by atoms with E-state index < -0.39 is 0 Å². The summed E-state index contributed by atoms with van der Waals surface area (Å²) in [5.74, 6) is 0. The number of hydrogen-bond donors (Lipinski definition) is 1. The highest BCUT2D eigenvalue weighted by molar-refractivity contribution is 4.77. The summed E-state index contributed by atoms with van der Waals surface area (Å²) in [6.45, 7) is 16.1. The predicted octanol–water partition coefficient (Wildman–Crippen LogP) is 3.52. The lowest BCUT2D eigenvalue weighted by Gasteiger charge is -2.35. The van der Waals surface area contributed by atoms with Crippen molar-refractivity contribution < 1.29 is 0 Å².